The van der Waals surface area contributed by atoms with E-state index in [0.29, 0.717) is 17.4 Å². The summed E-state index contributed by atoms with van der Waals surface area (Å²) in [6, 6.07) is 0. The molecular weight excluding hydrogens is 364 g/mol. The molecule has 0 aromatic heterocycles. The third-order valence-corrected chi connectivity index (χ3v) is 9.65. The Morgan fingerprint density at radius 2 is 1.86 bits per heavy atom. The molecule has 4 heteroatoms. The molecule has 2 bridgehead atoms. The minimum Gasteiger partial charge on any atom is -0.481 e. The molecule has 1 N–H and O–H groups in total. The molecule has 160 valence electrons. The van der Waals surface area contributed by atoms with E-state index in [1.54, 1.807) is 13.0 Å². The number of hydrogen-bond donors (Lipinski definition) is 1. The summed E-state index contributed by atoms with van der Waals surface area (Å²) in [5, 5.41) is 10.1. The number of esters is 1. The van der Waals surface area contributed by atoms with Crippen LogP contribution in [0.2, 0.25) is 0 Å². The number of aliphatic carboxylic acids is 1. The summed E-state index contributed by atoms with van der Waals surface area (Å²) in [7, 11) is 0. The second kappa shape index (κ2) is 6.72. The molecule has 4 aliphatic carbocycles. The van der Waals surface area contributed by atoms with Crippen LogP contribution >= 0.6 is 0 Å². The summed E-state index contributed by atoms with van der Waals surface area (Å²) in [4.78, 5) is 25.0. The Kier molecular flexibility index (Phi) is 4.79. The predicted octanol–water partition coefficient (Wildman–Crippen LogP) is 5.53. The van der Waals surface area contributed by atoms with Gasteiger partial charge < -0.3 is 9.84 Å². The number of fused-ring (bicyclic) bond motifs is 3. The third-order valence-electron chi connectivity index (χ3n) is 9.65. The molecule has 0 saturated heterocycles. The smallest absolute Gasteiger partial charge is 0.333 e. The van der Waals surface area contributed by atoms with Gasteiger partial charge in [0.2, 0.25) is 0 Å². The van der Waals surface area contributed by atoms with E-state index in [1.165, 1.54) is 0 Å². The van der Waals surface area contributed by atoms with Crippen LogP contribution in [0, 0.1) is 34.0 Å². The maximum atomic E-state index is 12.7. The van der Waals surface area contributed by atoms with Crippen molar-refractivity contribution < 1.29 is 19.4 Å². The minimum atomic E-state index is -0.644. The third kappa shape index (κ3) is 2.70. The molecule has 1 spiro atoms. The lowest BCUT2D eigenvalue weighted by molar-refractivity contribution is -0.195. The van der Waals surface area contributed by atoms with Crippen molar-refractivity contribution in [3.63, 3.8) is 0 Å². The van der Waals surface area contributed by atoms with E-state index < -0.39 is 11.4 Å². The summed E-state index contributed by atoms with van der Waals surface area (Å²) >= 11 is 0. The lowest BCUT2D eigenvalue weighted by Crippen LogP contribution is -2.60. The van der Waals surface area contributed by atoms with Crippen molar-refractivity contribution in [1.82, 2.24) is 0 Å². The highest BCUT2D eigenvalue weighted by atomic mass is 16.5. The van der Waals surface area contributed by atoms with Crippen molar-refractivity contribution in [1.29, 1.82) is 0 Å². The lowest BCUT2D eigenvalue weighted by Gasteiger charge is -2.63. The molecule has 1 unspecified atom stereocenters. The number of rotatable bonds is 3. The number of carboxylic acids is 1. The Morgan fingerprint density at radius 3 is 2.52 bits per heavy atom. The largest absolute Gasteiger partial charge is 0.481 e. The van der Waals surface area contributed by atoms with E-state index in [-0.39, 0.29) is 28.8 Å². The molecule has 0 radical (unpaired) electrons. The van der Waals surface area contributed by atoms with E-state index in [1.807, 2.05) is 13.8 Å². The van der Waals surface area contributed by atoms with Crippen molar-refractivity contribution in [2.45, 2.75) is 85.2 Å². The van der Waals surface area contributed by atoms with E-state index in [9.17, 15) is 14.7 Å². The van der Waals surface area contributed by atoms with E-state index >= 15 is 0 Å². The topological polar surface area (TPSA) is 63.6 Å². The molecule has 4 aliphatic rings. The van der Waals surface area contributed by atoms with Crippen molar-refractivity contribution in [2.75, 3.05) is 0 Å². The lowest BCUT2D eigenvalue weighted by atomic mass is 9.40. The van der Waals surface area contributed by atoms with Crippen molar-refractivity contribution in [3.8, 4) is 0 Å². The molecule has 0 amide bonds. The van der Waals surface area contributed by atoms with Crippen LogP contribution in [-0.2, 0) is 14.3 Å². The molecule has 4 saturated carbocycles. The second-order valence-corrected chi connectivity index (χ2v) is 10.8. The molecule has 0 aromatic rings. The van der Waals surface area contributed by atoms with Crippen LogP contribution in [-0.4, -0.2) is 23.1 Å². The monoisotopic (exact) mass is 400 g/mol. The number of carbonyl (C=O) groups is 2. The first-order chi connectivity index (χ1) is 13.6. The van der Waals surface area contributed by atoms with Gasteiger partial charge in [0.15, 0.2) is 0 Å². The highest BCUT2D eigenvalue weighted by Crippen LogP contribution is 2.72. The number of ether oxygens (including phenoxy) is 1. The van der Waals surface area contributed by atoms with Gasteiger partial charge in [-0.15, -0.1) is 0 Å². The summed E-state index contributed by atoms with van der Waals surface area (Å²) in [5.41, 5.74) is 1.02. The van der Waals surface area contributed by atoms with Crippen molar-refractivity contribution in [3.05, 3.63) is 23.8 Å². The van der Waals surface area contributed by atoms with E-state index in [4.69, 9.17) is 4.74 Å². The van der Waals surface area contributed by atoms with E-state index in [2.05, 4.69) is 13.5 Å². The quantitative estimate of drug-likeness (QED) is 0.384. The zero-order valence-corrected chi connectivity index (χ0v) is 18.4. The summed E-state index contributed by atoms with van der Waals surface area (Å²) in [6.45, 7) is 12.4. The van der Waals surface area contributed by atoms with Gasteiger partial charge in [-0.3, -0.25) is 4.79 Å². The van der Waals surface area contributed by atoms with Crippen LogP contribution in [0.25, 0.3) is 0 Å². The van der Waals surface area contributed by atoms with Crippen LogP contribution < -0.4 is 0 Å². The van der Waals surface area contributed by atoms with Gasteiger partial charge in [-0.05, 0) is 94.5 Å². The average molecular weight is 401 g/mol. The average Bonchev–Trinajstić information content (AvgIpc) is 2.87. The standard InChI is InChI=1S/C25H36O4/c1-6-15(2)21(26)29-20-16(3)17-8-9-19-23(4)11-7-12-24(5,22(27)28)18(23)10-13-25(19,20)14-17/h6,17-20H,3,7-14H2,1-2,4-5H3,(H,27,28)/b15-6-/t17-,18-,19-,20-,23+,24+,25?/m0/s1. The van der Waals surface area contributed by atoms with Crippen LogP contribution in [0.4, 0.5) is 0 Å². The van der Waals surface area contributed by atoms with Gasteiger partial charge in [0.25, 0.3) is 0 Å². The molecule has 4 nitrogen and oxygen atoms in total. The van der Waals surface area contributed by atoms with Crippen LogP contribution in [0.1, 0.15) is 79.1 Å². The maximum absolute atomic E-state index is 12.7. The first kappa shape index (κ1) is 20.7. The molecule has 0 aromatic carbocycles. The fraction of sp³-hybridized carbons (Fsp3) is 0.760. The molecule has 29 heavy (non-hydrogen) atoms. The first-order valence-corrected chi connectivity index (χ1v) is 11.4. The Morgan fingerprint density at radius 1 is 1.14 bits per heavy atom. The molecule has 4 fully saturated rings. The molecular formula is C25H36O4. The summed E-state index contributed by atoms with van der Waals surface area (Å²) in [6.07, 6.45) is 9.50. The maximum Gasteiger partial charge on any atom is 0.333 e. The van der Waals surface area contributed by atoms with Crippen LogP contribution in [0.15, 0.2) is 23.8 Å². The summed E-state index contributed by atoms with van der Waals surface area (Å²) in [5.74, 6) is 0.151. The number of hydrogen-bond acceptors (Lipinski definition) is 3. The van der Waals surface area contributed by atoms with E-state index in [0.717, 1.165) is 56.9 Å². The van der Waals surface area contributed by atoms with Gasteiger partial charge >= 0.3 is 11.9 Å². The predicted molar refractivity (Wildman–Crippen MR) is 112 cm³/mol. The Balaban J connectivity index is 1.73. The molecule has 4 rings (SSSR count). The second-order valence-electron chi connectivity index (χ2n) is 10.8. The molecule has 7 atom stereocenters. The molecule has 0 heterocycles. The normalized spacial score (nSPS) is 46.6. The summed E-state index contributed by atoms with van der Waals surface area (Å²) < 4.78 is 6.15. The first-order valence-electron chi connectivity index (χ1n) is 11.4. The number of allylic oxidation sites excluding steroid dienone is 1. The molecule has 0 aliphatic heterocycles. The SMILES string of the molecule is C=C1[C@H]2CC[C@@H]3C(CC[C@H]4[C@@]3(C)CCC[C@@]4(C)C(=O)O)(C2)[C@H]1OC(=O)/C(C)=C\C. The zero-order chi connectivity index (χ0) is 21.2. The minimum absolute atomic E-state index is 0.0144. The Labute approximate surface area is 174 Å². The van der Waals surface area contributed by atoms with Gasteiger partial charge in [0, 0.05) is 11.0 Å². The number of carboxylic acid groups (broad SMARTS) is 1. The highest BCUT2D eigenvalue weighted by Gasteiger charge is 2.68. The fourth-order valence-corrected chi connectivity index (χ4v) is 8.10. The Hall–Kier alpha value is -1.58. The van der Waals surface area contributed by atoms with Crippen LogP contribution in [0.3, 0.4) is 0 Å². The van der Waals surface area contributed by atoms with Gasteiger partial charge in [-0.25, -0.2) is 4.79 Å². The van der Waals surface area contributed by atoms with Crippen LogP contribution in [0.5, 0.6) is 0 Å². The van der Waals surface area contributed by atoms with Gasteiger partial charge in [0.05, 0.1) is 5.41 Å². The fourth-order valence-electron chi connectivity index (χ4n) is 8.10. The van der Waals surface area contributed by atoms with Crippen molar-refractivity contribution in [2.24, 2.45) is 34.0 Å². The van der Waals surface area contributed by atoms with Gasteiger partial charge in [0.1, 0.15) is 6.10 Å². The number of carbonyl (C=O) groups excluding carboxylic acids is 1. The highest BCUT2D eigenvalue weighted by molar-refractivity contribution is 5.88. The zero-order valence-electron chi connectivity index (χ0n) is 18.4. The Bertz CT molecular complexity index is 782. The van der Waals surface area contributed by atoms with Gasteiger partial charge in [-0.2, -0.15) is 0 Å². The van der Waals surface area contributed by atoms with Crippen molar-refractivity contribution >= 4 is 11.9 Å². The van der Waals surface area contributed by atoms with Gasteiger partial charge in [-0.1, -0.05) is 26.0 Å².